The van der Waals surface area contributed by atoms with E-state index in [4.69, 9.17) is 11.6 Å². The Kier molecular flexibility index (Phi) is 5.74. The zero-order valence-electron chi connectivity index (χ0n) is 16.3. The van der Waals surface area contributed by atoms with Crippen molar-refractivity contribution in [1.82, 2.24) is 4.90 Å². The molecule has 4 rings (SSSR count). The van der Waals surface area contributed by atoms with Crippen LogP contribution in [0.5, 0.6) is 5.75 Å². The van der Waals surface area contributed by atoms with Gasteiger partial charge in [0.1, 0.15) is 11.6 Å². The van der Waals surface area contributed by atoms with Crippen molar-refractivity contribution in [2.45, 2.75) is 25.6 Å². The highest BCUT2D eigenvalue weighted by Crippen LogP contribution is 2.38. The van der Waals surface area contributed by atoms with E-state index in [9.17, 15) is 9.50 Å². The van der Waals surface area contributed by atoms with Gasteiger partial charge in [0.05, 0.1) is 16.8 Å². The molecule has 0 aliphatic carbocycles. The van der Waals surface area contributed by atoms with E-state index in [0.717, 1.165) is 30.9 Å². The molecule has 150 valence electrons. The smallest absolute Gasteiger partial charge is 0.123 e. The van der Waals surface area contributed by atoms with E-state index in [1.165, 1.54) is 17.7 Å². The third kappa shape index (κ3) is 4.39. The minimum Gasteiger partial charge on any atom is -0.508 e. The second-order valence-electron chi connectivity index (χ2n) is 7.62. The van der Waals surface area contributed by atoms with Crippen molar-refractivity contribution in [1.29, 1.82) is 0 Å². The number of hydrogen-bond acceptors (Lipinski definition) is 3. The molecule has 0 aromatic heterocycles. The number of benzene rings is 3. The van der Waals surface area contributed by atoms with E-state index >= 15 is 0 Å². The number of phenolic OH excluding ortho intramolecular Hbond substituents is 1. The molecule has 1 heterocycles. The monoisotopic (exact) mass is 410 g/mol. The number of rotatable bonds is 4. The summed E-state index contributed by atoms with van der Waals surface area (Å²) in [5, 5.41) is 10.3. The third-order valence-electron chi connectivity index (χ3n) is 5.59. The molecule has 3 aromatic carbocycles. The van der Waals surface area contributed by atoms with Crippen LogP contribution in [0, 0.1) is 5.82 Å². The van der Waals surface area contributed by atoms with Crippen molar-refractivity contribution in [3.63, 3.8) is 0 Å². The maximum Gasteiger partial charge on any atom is 0.123 e. The van der Waals surface area contributed by atoms with Crippen LogP contribution in [0.15, 0.2) is 72.8 Å². The third-order valence-corrected chi connectivity index (χ3v) is 5.89. The first-order valence-corrected chi connectivity index (χ1v) is 10.2. The molecule has 0 amide bonds. The van der Waals surface area contributed by atoms with Gasteiger partial charge in [-0.15, -0.1) is 0 Å². The summed E-state index contributed by atoms with van der Waals surface area (Å²) < 4.78 is 13.5. The van der Waals surface area contributed by atoms with E-state index in [1.54, 1.807) is 12.1 Å². The van der Waals surface area contributed by atoms with E-state index in [0.29, 0.717) is 11.1 Å². The van der Waals surface area contributed by atoms with Gasteiger partial charge >= 0.3 is 0 Å². The number of anilines is 1. The van der Waals surface area contributed by atoms with Gasteiger partial charge in [0, 0.05) is 31.7 Å². The van der Waals surface area contributed by atoms with E-state index in [2.05, 4.69) is 41.0 Å². The standard InChI is InChI=1S/C24H24ClFN2O/c1-17-14-28(23-12-11-21(29)13-22(23)25)24(19-7-9-20(26)10-8-19)16-27(17)15-18-5-3-2-4-6-18/h2-13,17,24,29H,14-16H2,1H3/t17-,24+/m1/s1. The normalized spacial score (nSPS) is 20.0. The molecule has 1 aliphatic rings. The van der Waals surface area contributed by atoms with Gasteiger partial charge in [-0.3, -0.25) is 4.90 Å². The lowest BCUT2D eigenvalue weighted by Crippen LogP contribution is -2.53. The van der Waals surface area contributed by atoms with Crippen LogP contribution in [0.4, 0.5) is 10.1 Å². The topological polar surface area (TPSA) is 26.7 Å². The van der Waals surface area contributed by atoms with Gasteiger partial charge in [0.2, 0.25) is 0 Å². The van der Waals surface area contributed by atoms with Crippen molar-refractivity contribution in [3.8, 4) is 5.75 Å². The number of nitrogens with zero attached hydrogens (tertiary/aromatic N) is 2. The van der Waals surface area contributed by atoms with Crippen LogP contribution in [0.3, 0.4) is 0 Å². The summed E-state index contributed by atoms with van der Waals surface area (Å²) in [6, 6.07) is 22.5. The minimum absolute atomic E-state index is 0.0255. The number of halogens is 2. The Morgan fingerprint density at radius 3 is 2.41 bits per heavy atom. The average Bonchev–Trinajstić information content (AvgIpc) is 2.71. The molecule has 3 nitrogen and oxygen atoms in total. The first kappa shape index (κ1) is 19.7. The number of aromatic hydroxyl groups is 1. The molecule has 5 heteroatoms. The zero-order valence-corrected chi connectivity index (χ0v) is 17.1. The highest BCUT2D eigenvalue weighted by molar-refractivity contribution is 6.33. The molecular weight excluding hydrogens is 387 g/mol. The molecule has 1 aliphatic heterocycles. The number of hydrogen-bond donors (Lipinski definition) is 1. The van der Waals surface area contributed by atoms with Crippen LogP contribution in [0.25, 0.3) is 0 Å². The van der Waals surface area contributed by atoms with Gasteiger partial charge in [-0.05, 0) is 42.3 Å². The van der Waals surface area contributed by atoms with E-state index in [-0.39, 0.29) is 17.6 Å². The van der Waals surface area contributed by atoms with Crippen LogP contribution in [0.2, 0.25) is 5.02 Å². The largest absolute Gasteiger partial charge is 0.508 e. The second-order valence-corrected chi connectivity index (χ2v) is 8.03. The number of piperazine rings is 1. The molecule has 1 fully saturated rings. The van der Waals surface area contributed by atoms with Gasteiger partial charge in [-0.1, -0.05) is 54.1 Å². The Morgan fingerprint density at radius 1 is 1.00 bits per heavy atom. The summed E-state index contributed by atoms with van der Waals surface area (Å²) in [7, 11) is 0. The Labute approximate surface area is 176 Å². The highest BCUT2D eigenvalue weighted by atomic mass is 35.5. The fourth-order valence-corrected chi connectivity index (χ4v) is 4.31. The molecule has 0 radical (unpaired) electrons. The van der Waals surface area contributed by atoms with Crippen molar-refractivity contribution < 1.29 is 9.50 Å². The van der Waals surface area contributed by atoms with Crippen LogP contribution in [-0.2, 0) is 6.54 Å². The van der Waals surface area contributed by atoms with Crippen molar-refractivity contribution in [3.05, 3.63) is 94.8 Å². The van der Waals surface area contributed by atoms with Crippen LogP contribution < -0.4 is 4.90 Å². The fraction of sp³-hybridized carbons (Fsp3) is 0.250. The summed E-state index contributed by atoms with van der Waals surface area (Å²) in [6.45, 7) is 4.64. The lowest BCUT2D eigenvalue weighted by molar-refractivity contribution is 0.153. The highest BCUT2D eigenvalue weighted by Gasteiger charge is 2.33. The Bertz CT molecular complexity index is 964. The van der Waals surface area contributed by atoms with Gasteiger partial charge in [0.15, 0.2) is 0 Å². The van der Waals surface area contributed by atoms with Gasteiger partial charge in [0.25, 0.3) is 0 Å². The average molecular weight is 411 g/mol. The molecule has 3 aromatic rings. The Balaban J connectivity index is 1.68. The Morgan fingerprint density at radius 2 is 1.72 bits per heavy atom. The zero-order chi connectivity index (χ0) is 20.4. The van der Waals surface area contributed by atoms with Crippen LogP contribution >= 0.6 is 11.6 Å². The maximum atomic E-state index is 13.5. The summed E-state index contributed by atoms with van der Waals surface area (Å²) >= 11 is 6.48. The minimum atomic E-state index is -0.242. The summed E-state index contributed by atoms with van der Waals surface area (Å²) in [4.78, 5) is 4.72. The van der Waals surface area contributed by atoms with E-state index in [1.807, 2.05) is 24.3 Å². The quantitative estimate of drug-likeness (QED) is 0.603. The van der Waals surface area contributed by atoms with Crippen LogP contribution in [0.1, 0.15) is 24.1 Å². The predicted molar refractivity (Wildman–Crippen MR) is 116 cm³/mol. The molecule has 1 N–H and O–H groups in total. The summed E-state index contributed by atoms with van der Waals surface area (Å²) in [5.41, 5.74) is 3.19. The molecule has 29 heavy (non-hydrogen) atoms. The number of phenols is 1. The summed E-state index contributed by atoms with van der Waals surface area (Å²) in [5.74, 6) is -0.0962. The van der Waals surface area contributed by atoms with Crippen molar-refractivity contribution >= 4 is 17.3 Å². The predicted octanol–water partition coefficient (Wildman–Crippen LogP) is 5.64. The molecular formula is C24H24ClFN2O. The fourth-order valence-electron chi connectivity index (χ4n) is 4.03. The van der Waals surface area contributed by atoms with Gasteiger partial charge in [-0.2, -0.15) is 0 Å². The maximum absolute atomic E-state index is 13.5. The SMILES string of the molecule is C[C@@H]1CN(c2ccc(O)cc2Cl)[C@H](c2ccc(F)cc2)CN1Cc1ccccc1. The first-order chi connectivity index (χ1) is 14.0. The van der Waals surface area contributed by atoms with Crippen LogP contribution in [-0.4, -0.2) is 29.1 Å². The lowest BCUT2D eigenvalue weighted by Gasteiger charge is -2.47. The van der Waals surface area contributed by atoms with Gasteiger partial charge in [-0.25, -0.2) is 4.39 Å². The molecule has 0 unspecified atom stereocenters. The second kappa shape index (κ2) is 8.44. The first-order valence-electron chi connectivity index (χ1n) is 9.80. The molecule has 0 saturated carbocycles. The van der Waals surface area contributed by atoms with E-state index < -0.39 is 0 Å². The lowest BCUT2D eigenvalue weighted by atomic mass is 9.98. The molecule has 0 bridgehead atoms. The van der Waals surface area contributed by atoms with Crippen molar-refractivity contribution in [2.75, 3.05) is 18.0 Å². The van der Waals surface area contributed by atoms with Crippen molar-refractivity contribution in [2.24, 2.45) is 0 Å². The van der Waals surface area contributed by atoms with Gasteiger partial charge < -0.3 is 10.0 Å². The molecule has 2 atom stereocenters. The Hall–Kier alpha value is -2.56. The molecule has 0 spiro atoms. The summed E-state index contributed by atoms with van der Waals surface area (Å²) in [6.07, 6.45) is 0. The molecule has 1 saturated heterocycles.